The average molecular weight is 729 g/mol. The average Bonchev–Trinajstić information content (AvgIpc) is 3.57. The predicted molar refractivity (Wildman–Crippen MR) is 196 cm³/mol. The van der Waals surface area contributed by atoms with Crippen molar-refractivity contribution in [3.8, 4) is 11.5 Å². The first-order valence-electron chi connectivity index (χ1n) is 17.9. The van der Waals surface area contributed by atoms with Gasteiger partial charge in [0.25, 0.3) is 0 Å². The minimum Gasteiger partial charge on any atom is -0.486 e. The number of ether oxygens (including phenoxy) is 4. The first-order valence-corrected chi connectivity index (χ1v) is 17.9. The minimum atomic E-state index is -1.26. The predicted octanol–water partition coefficient (Wildman–Crippen LogP) is 7.23. The SMILES string of the molecule is CC(=O)C[C@@H](C)c1ccc(O[C@H]2CN(C(=O)OC(C)(C)C)C[C@@H]2O)cc1.CC(=O)C[C@@H](C)c1ccc(O[C@H]2CN(C(=O)OC(C)(C)C)C[C@H]2F)cc1. The number of likely N-dealkylation sites (tertiary alicyclic amines) is 2. The van der Waals surface area contributed by atoms with E-state index in [0.717, 1.165) is 11.1 Å². The number of rotatable bonds is 10. The second kappa shape index (κ2) is 18.0. The first kappa shape index (κ1) is 42.2. The Labute approximate surface area is 307 Å². The molecule has 1 N–H and O–H groups in total. The number of halogens is 1. The van der Waals surface area contributed by atoms with Crippen LogP contribution in [0.25, 0.3) is 0 Å². The third-order valence-corrected chi connectivity index (χ3v) is 8.40. The van der Waals surface area contributed by atoms with E-state index in [4.69, 9.17) is 18.9 Å². The molecule has 2 aromatic carbocycles. The summed E-state index contributed by atoms with van der Waals surface area (Å²) in [6.07, 6.45) is -3.23. The van der Waals surface area contributed by atoms with Crippen LogP contribution in [0.4, 0.5) is 14.0 Å². The van der Waals surface area contributed by atoms with E-state index in [2.05, 4.69) is 0 Å². The highest BCUT2D eigenvalue weighted by Crippen LogP contribution is 2.27. The van der Waals surface area contributed by atoms with Crippen LogP contribution in [0.15, 0.2) is 48.5 Å². The quantitative estimate of drug-likeness (QED) is 0.269. The molecule has 288 valence electrons. The number of aliphatic hydroxyl groups is 1. The van der Waals surface area contributed by atoms with Crippen LogP contribution >= 0.6 is 0 Å². The highest BCUT2D eigenvalue weighted by atomic mass is 19.1. The van der Waals surface area contributed by atoms with E-state index in [0.29, 0.717) is 24.3 Å². The fraction of sp³-hybridized carbons (Fsp3) is 0.600. The molecule has 52 heavy (non-hydrogen) atoms. The number of hydrogen-bond acceptors (Lipinski definition) is 9. The lowest BCUT2D eigenvalue weighted by Gasteiger charge is -2.24. The summed E-state index contributed by atoms with van der Waals surface area (Å²) in [7, 11) is 0. The Morgan fingerprint density at radius 3 is 1.42 bits per heavy atom. The number of Topliss-reactive ketones (excluding diaryl/α,β-unsaturated/α-hetero) is 2. The molecule has 0 saturated carbocycles. The van der Waals surface area contributed by atoms with E-state index in [-0.39, 0.29) is 49.6 Å². The van der Waals surface area contributed by atoms with Crippen LogP contribution in [0, 0.1) is 0 Å². The van der Waals surface area contributed by atoms with Crippen molar-refractivity contribution in [3.63, 3.8) is 0 Å². The van der Waals surface area contributed by atoms with Crippen molar-refractivity contribution in [1.82, 2.24) is 9.80 Å². The molecule has 2 fully saturated rings. The van der Waals surface area contributed by atoms with Crippen molar-refractivity contribution in [1.29, 1.82) is 0 Å². The maximum Gasteiger partial charge on any atom is 0.410 e. The van der Waals surface area contributed by atoms with Gasteiger partial charge in [-0.05, 0) is 103 Å². The standard InChI is InChI=1S/C20H28FNO4.C20H29NO5/c1-13(10-14(2)23)15-6-8-16(9-7-15)25-18-12-22(11-17(18)21)19(24)26-20(3,4)5;1-13(10-14(2)22)15-6-8-16(9-7-15)25-18-12-21(11-17(18)23)19(24)26-20(3,4)5/h6-9,13,17-18H,10-12H2,1-5H3;6-9,13,17-18,23H,10-12H2,1-5H3/t13-,17-,18+;13-,17+,18+/m11/s1. The van der Waals surface area contributed by atoms with Gasteiger partial charge < -0.3 is 43.4 Å². The van der Waals surface area contributed by atoms with Crippen molar-refractivity contribution in [3.05, 3.63) is 59.7 Å². The van der Waals surface area contributed by atoms with Crippen LogP contribution in [0.2, 0.25) is 0 Å². The number of nitrogens with zero attached hydrogens (tertiary/aromatic N) is 2. The van der Waals surface area contributed by atoms with Gasteiger partial charge in [-0.1, -0.05) is 38.1 Å². The summed E-state index contributed by atoms with van der Waals surface area (Å²) >= 11 is 0. The van der Waals surface area contributed by atoms with Gasteiger partial charge in [0, 0.05) is 12.8 Å². The Balaban J connectivity index is 0.000000280. The van der Waals surface area contributed by atoms with Gasteiger partial charge in [0.2, 0.25) is 0 Å². The molecular formula is C40H57FN2O9. The van der Waals surface area contributed by atoms with Crippen molar-refractivity contribution >= 4 is 23.8 Å². The second-order valence-corrected chi connectivity index (χ2v) is 15.9. The molecule has 6 atom stereocenters. The Kier molecular flexibility index (Phi) is 14.6. The monoisotopic (exact) mass is 728 g/mol. The lowest BCUT2D eigenvalue weighted by Crippen LogP contribution is -2.36. The van der Waals surface area contributed by atoms with Gasteiger partial charge in [-0.15, -0.1) is 0 Å². The molecule has 0 radical (unpaired) electrons. The van der Waals surface area contributed by atoms with Gasteiger partial charge in [-0.3, -0.25) is 0 Å². The Morgan fingerprint density at radius 2 is 1.04 bits per heavy atom. The summed E-state index contributed by atoms with van der Waals surface area (Å²) in [5.74, 6) is 1.76. The normalized spacial score (nSPS) is 21.4. The maximum absolute atomic E-state index is 14.3. The number of amides is 2. The number of aliphatic hydroxyl groups excluding tert-OH is 1. The molecule has 0 bridgehead atoms. The van der Waals surface area contributed by atoms with Gasteiger partial charge in [0.1, 0.15) is 52.6 Å². The van der Waals surface area contributed by atoms with Gasteiger partial charge in [0.15, 0.2) is 6.17 Å². The molecule has 0 unspecified atom stereocenters. The van der Waals surface area contributed by atoms with Gasteiger partial charge in [-0.25, -0.2) is 14.0 Å². The zero-order valence-electron chi connectivity index (χ0n) is 32.3. The number of benzene rings is 2. The van der Waals surface area contributed by atoms with E-state index < -0.39 is 47.9 Å². The van der Waals surface area contributed by atoms with E-state index >= 15 is 0 Å². The summed E-state index contributed by atoms with van der Waals surface area (Å²) in [5.41, 5.74) is 0.905. The van der Waals surface area contributed by atoms with E-state index in [1.54, 1.807) is 67.5 Å². The number of carbonyl (C=O) groups excluding carboxylic acids is 4. The third kappa shape index (κ3) is 13.7. The van der Waals surface area contributed by atoms with Gasteiger partial charge in [-0.2, -0.15) is 0 Å². The molecule has 2 aromatic rings. The molecule has 0 aliphatic carbocycles. The van der Waals surface area contributed by atoms with Crippen LogP contribution in [0.3, 0.4) is 0 Å². The van der Waals surface area contributed by atoms with Crippen molar-refractivity contribution in [2.24, 2.45) is 0 Å². The second-order valence-electron chi connectivity index (χ2n) is 15.9. The highest BCUT2D eigenvalue weighted by molar-refractivity contribution is 5.76. The van der Waals surface area contributed by atoms with E-state index in [9.17, 15) is 28.7 Å². The molecule has 2 saturated heterocycles. The van der Waals surface area contributed by atoms with Crippen molar-refractivity contribution in [2.75, 3.05) is 26.2 Å². The Bertz CT molecular complexity index is 1390. The van der Waals surface area contributed by atoms with E-state index in [1.807, 2.05) is 50.2 Å². The first-order chi connectivity index (χ1) is 24.1. The van der Waals surface area contributed by atoms with Crippen LogP contribution in [-0.4, -0.2) is 101 Å². The lowest BCUT2D eigenvalue weighted by atomic mass is 9.96. The summed E-state index contributed by atoms with van der Waals surface area (Å²) in [5, 5.41) is 10.2. The van der Waals surface area contributed by atoms with Gasteiger partial charge in [0.05, 0.1) is 26.2 Å². The molecule has 2 aliphatic rings. The van der Waals surface area contributed by atoms with Crippen LogP contribution < -0.4 is 9.47 Å². The summed E-state index contributed by atoms with van der Waals surface area (Å²) in [4.78, 5) is 49.4. The van der Waals surface area contributed by atoms with Crippen molar-refractivity contribution in [2.45, 2.75) is 130 Å². The molecular weight excluding hydrogens is 671 g/mol. The van der Waals surface area contributed by atoms with Gasteiger partial charge >= 0.3 is 12.2 Å². The molecule has 11 nitrogen and oxygen atoms in total. The van der Waals surface area contributed by atoms with Crippen molar-refractivity contribution < 1.29 is 47.6 Å². The van der Waals surface area contributed by atoms with Crippen LogP contribution in [-0.2, 0) is 19.1 Å². The molecule has 0 spiro atoms. The Morgan fingerprint density at radius 1 is 0.673 bits per heavy atom. The number of β-amino-alcohol motifs (C(OH)–C–C–N with tert-alkyl or cyclic N) is 1. The largest absolute Gasteiger partial charge is 0.486 e. The van der Waals surface area contributed by atoms with Crippen LogP contribution in [0.1, 0.15) is 105 Å². The van der Waals surface area contributed by atoms with Crippen LogP contribution in [0.5, 0.6) is 11.5 Å². The fourth-order valence-electron chi connectivity index (χ4n) is 5.87. The van der Waals surface area contributed by atoms with E-state index in [1.165, 1.54) is 9.80 Å². The summed E-state index contributed by atoms with van der Waals surface area (Å²) in [6.45, 7) is 18.5. The smallest absolute Gasteiger partial charge is 0.410 e. The zero-order valence-corrected chi connectivity index (χ0v) is 32.3. The number of hydrogen-bond donors (Lipinski definition) is 1. The molecule has 2 aliphatic heterocycles. The molecule has 12 heteroatoms. The zero-order chi connectivity index (χ0) is 39.0. The minimum absolute atomic E-state index is 0.0344. The molecule has 4 rings (SSSR count). The fourth-order valence-corrected chi connectivity index (χ4v) is 5.87. The Hall–Kier alpha value is -4.19. The third-order valence-electron chi connectivity index (χ3n) is 8.40. The lowest BCUT2D eigenvalue weighted by molar-refractivity contribution is -0.118. The number of alkyl halides is 1. The molecule has 2 amide bonds. The molecule has 2 heterocycles. The molecule has 0 aromatic heterocycles. The number of ketones is 2. The topological polar surface area (TPSA) is 132 Å². The summed E-state index contributed by atoms with van der Waals surface area (Å²) in [6, 6.07) is 14.8. The summed E-state index contributed by atoms with van der Waals surface area (Å²) < 4.78 is 36.4. The highest BCUT2D eigenvalue weighted by Gasteiger charge is 2.39. The number of carbonyl (C=O) groups is 4. The maximum atomic E-state index is 14.3.